The molecule has 1 heterocycles. The maximum atomic E-state index is 12.8. The minimum atomic E-state index is -4.32. The second-order valence-electron chi connectivity index (χ2n) is 4.20. The molecule has 18 heavy (non-hydrogen) atoms. The zero-order valence-corrected chi connectivity index (χ0v) is 10.1. The molecular formula is C13H13F3N2. The Morgan fingerprint density at radius 2 is 1.83 bits per heavy atom. The lowest BCUT2D eigenvalue weighted by molar-refractivity contribution is -0.138. The number of alkyl halides is 3. The van der Waals surface area contributed by atoms with E-state index >= 15 is 0 Å². The molecule has 0 aliphatic rings. The minimum Gasteiger partial charge on any atom is -0.330 e. The lowest BCUT2D eigenvalue weighted by atomic mass is 10.1. The van der Waals surface area contributed by atoms with Crippen LogP contribution in [-0.4, -0.2) is 9.55 Å². The van der Waals surface area contributed by atoms with Crippen molar-refractivity contribution in [1.82, 2.24) is 9.55 Å². The van der Waals surface area contributed by atoms with Gasteiger partial charge in [-0.2, -0.15) is 13.2 Å². The van der Waals surface area contributed by atoms with E-state index in [0.29, 0.717) is 0 Å². The molecule has 2 aromatic rings. The van der Waals surface area contributed by atoms with E-state index in [1.807, 2.05) is 13.8 Å². The zero-order chi connectivity index (χ0) is 13.3. The Morgan fingerprint density at radius 3 is 2.39 bits per heavy atom. The zero-order valence-electron chi connectivity index (χ0n) is 10.1. The first-order chi connectivity index (χ1) is 8.39. The topological polar surface area (TPSA) is 17.8 Å². The number of nitrogens with zero attached hydrogens (tertiary/aromatic N) is 2. The van der Waals surface area contributed by atoms with Crippen molar-refractivity contribution < 1.29 is 13.2 Å². The van der Waals surface area contributed by atoms with Crippen LogP contribution in [0.2, 0.25) is 0 Å². The van der Waals surface area contributed by atoms with Crippen LogP contribution >= 0.6 is 0 Å². The third kappa shape index (κ3) is 2.39. The predicted molar refractivity (Wildman–Crippen MR) is 62.2 cm³/mol. The van der Waals surface area contributed by atoms with Gasteiger partial charge in [0.2, 0.25) is 0 Å². The Kier molecular flexibility index (Phi) is 3.15. The van der Waals surface area contributed by atoms with Gasteiger partial charge in [-0.15, -0.1) is 0 Å². The van der Waals surface area contributed by atoms with E-state index in [1.54, 1.807) is 17.0 Å². The monoisotopic (exact) mass is 254 g/mol. The lowest BCUT2D eigenvalue weighted by Crippen LogP contribution is -2.11. The van der Waals surface area contributed by atoms with Crippen molar-refractivity contribution in [2.45, 2.75) is 26.6 Å². The summed E-state index contributed by atoms with van der Waals surface area (Å²) in [5.74, 6) is 0. The van der Waals surface area contributed by atoms with Crippen molar-refractivity contribution in [3.8, 4) is 0 Å². The summed E-state index contributed by atoms with van der Waals surface area (Å²) in [5, 5.41) is 0. The Labute approximate surface area is 103 Å². The molecule has 0 fully saturated rings. The van der Waals surface area contributed by atoms with Gasteiger partial charge in [0, 0.05) is 12.2 Å². The second-order valence-corrected chi connectivity index (χ2v) is 4.20. The highest BCUT2D eigenvalue weighted by molar-refractivity contribution is 5.30. The summed E-state index contributed by atoms with van der Waals surface area (Å²) in [6.07, 6.45) is -2.75. The molecule has 2 rings (SSSR count). The van der Waals surface area contributed by atoms with Gasteiger partial charge in [0.15, 0.2) is 0 Å². The molecule has 96 valence electrons. The van der Waals surface area contributed by atoms with Gasteiger partial charge < -0.3 is 4.57 Å². The fraction of sp³-hybridized carbons (Fsp3) is 0.308. The van der Waals surface area contributed by atoms with Crippen molar-refractivity contribution in [2.24, 2.45) is 0 Å². The van der Waals surface area contributed by atoms with Crippen molar-refractivity contribution in [3.05, 3.63) is 53.1 Å². The Balaban J connectivity index is 2.38. The summed E-state index contributed by atoms with van der Waals surface area (Å²) in [6, 6.07) is 5.62. The highest BCUT2D eigenvalue weighted by atomic mass is 19.4. The number of aromatic nitrogens is 2. The predicted octanol–water partition coefficient (Wildman–Crippen LogP) is 3.57. The molecule has 0 atom stereocenters. The average Bonchev–Trinajstić information content (AvgIpc) is 2.60. The highest BCUT2D eigenvalue weighted by Gasteiger charge is 2.32. The quantitative estimate of drug-likeness (QED) is 0.801. The molecule has 0 saturated heterocycles. The molecular weight excluding hydrogens is 241 g/mol. The van der Waals surface area contributed by atoms with Crippen LogP contribution in [0.4, 0.5) is 13.2 Å². The third-order valence-electron chi connectivity index (χ3n) is 3.01. The van der Waals surface area contributed by atoms with Crippen molar-refractivity contribution in [1.29, 1.82) is 0 Å². The van der Waals surface area contributed by atoms with Crippen LogP contribution in [0, 0.1) is 13.8 Å². The minimum absolute atomic E-state index is 0.183. The van der Waals surface area contributed by atoms with Gasteiger partial charge >= 0.3 is 6.18 Å². The summed E-state index contributed by atoms with van der Waals surface area (Å²) in [7, 11) is 0. The molecule has 0 unspecified atom stereocenters. The van der Waals surface area contributed by atoms with Gasteiger partial charge in [-0.05, 0) is 25.5 Å². The molecule has 0 spiro atoms. The fourth-order valence-electron chi connectivity index (χ4n) is 1.82. The Hall–Kier alpha value is -1.78. The number of hydrogen-bond donors (Lipinski definition) is 0. The molecule has 1 aromatic heterocycles. The van der Waals surface area contributed by atoms with E-state index in [1.165, 1.54) is 12.1 Å². The second kappa shape index (κ2) is 4.48. The van der Waals surface area contributed by atoms with Crippen LogP contribution in [-0.2, 0) is 12.7 Å². The molecule has 0 aliphatic heterocycles. The highest BCUT2D eigenvalue weighted by Crippen LogP contribution is 2.32. The first-order valence-corrected chi connectivity index (χ1v) is 5.53. The molecule has 5 heteroatoms. The van der Waals surface area contributed by atoms with Crippen LogP contribution in [0.1, 0.15) is 22.5 Å². The van der Waals surface area contributed by atoms with Gasteiger partial charge in [-0.25, -0.2) is 4.98 Å². The molecule has 0 aliphatic carbocycles. The normalized spacial score (nSPS) is 11.8. The van der Waals surface area contributed by atoms with Gasteiger partial charge in [-0.3, -0.25) is 0 Å². The standard InChI is InChI=1S/C13H13F3N2/c1-9-10(2)18(8-17-9)7-11-5-3-4-6-12(11)13(14,15)16/h3-6,8H,7H2,1-2H3. The van der Waals surface area contributed by atoms with Crippen LogP contribution < -0.4 is 0 Å². The van der Waals surface area contributed by atoms with E-state index in [4.69, 9.17) is 0 Å². The number of rotatable bonds is 2. The van der Waals surface area contributed by atoms with Crippen LogP contribution in [0.25, 0.3) is 0 Å². The summed E-state index contributed by atoms with van der Waals surface area (Å²) in [6.45, 7) is 3.86. The smallest absolute Gasteiger partial charge is 0.330 e. The molecule has 0 N–H and O–H groups in total. The summed E-state index contributed by atoms with van der Waals surface area (Å²) in [5.41, 5.74) is 1.38. The van der Waals surface area contributed by atoms with Crippen molar-refractivity contribution in [3.63, 3.8) is 0 Å². The maximum absolute atomic E-state index is 12.8. The molecule has 0 radical (unpaired) electrons. The van der Waals surface area contributed by atoms with Gasteiger partial charge in [0.25, 0.3) is 0 Å². The third-order valence-corrected chi connectivity index (χ3v) is 3.01. The van der Waals surface area contributed by atoms with Crippen molar-refractivity contribution in [2.75, 3.05) is 0 Å². The Morgan fingerprint density at radius 1 is 1.17 bits per heavy atom. The first kappa shape index (κ1) is 12.7. The largest absolute Gasteiger partial charge is 0.416 e. The average molecular weight is 254 g/mol. The number of halogens is 3. The molecule has 2 nitrogen and oxygen atoms in total. The van der Waals surface area contributed by atoms with Gasteiger partial charge in [-0.1, -0.05) is 18.2 Å². The first-order valence-electron chi connectivity index (χ1n) is 5.53. The van der Waals surface area contributed by atoms with Gasteiger partial charge in [0.05, 0.1) is 17.6 Å². The Bertz CT molecular complexity index is 556. The van der Waals surface area contributed by atoms with E-state index in [0.717, 1.165) is 17.5 Å². The van der Waals surface area contributed by atoms with Crippen LogP contribution in [0.5, 0.6) is 0 Å². The fourth-order valence-corrected chi connectivity index (χ4v) is 1.82. The molecule has 0 saturated carbocycles. The van der Waals surface area contributed by atoms with E-state index in [-0.39, 0.29) is 12.1 Å². The number of aryl methyl sites for hydroxylation is 1. The number of hydrogen-bond acceptors (Lipinski definition) is 1. The molecule has 1 aromatic carbocycles. The number of benzene rings is 1. The van der Waals surface area contributed by atoms with Crippen LogP contribution in [0.3, 0.4) is 0 Å². The lowest BCUT2D eigenvalue weighted by Gasteiger charge is -2.13. The van der Waals surface area contributed by atoms with Crippen molar-refractivity contribution >= 4 is 0 Å². The summed E-state index contributed by atoms with van der Waals surface area (Å²) in [4.78, 5) is 4.09. The van der Waals surface area contributed by atoms with Crippen LogP contribution in [0.15, 0.2) is 30.6 Å². The molecule has 0 bridgehead atoms. The van der Waals surface area contributed by atoms with E-state index < -0.39 is 11.7 Å². The van der Waals surface area contributed by atoms with Gasteiger partial charge in [0.1, 0.15) is 0 Å². The maximum Gasteiger partial charge on any atom is 0.416 e. The van der Waals surface area contributed by atoms with E-state index in [2.05, 4.69) is 4.98 Å². The SMILES string of the molecule is Cc1ncn(Cc2ccccc2C(F)(F)F)c1C. The number of imidazole rings is 1. The van der Waals surface area contributed by atoms with E-state index in [9.17, 15) is 13.2 Å². The molecule has 0 amide bonds. The summed E-state index contributed by atoms with van der Waals surface area (Å²) < 4.78 is 40.2. The summed E-state index contributed by atoms with van der Waals surface area (Å²) >= 11 is 0.